The van der Waals surface area contributed by atoms with Crippen molar-refractivity contribution in [2.45, 2.75) is 32.3 Å². The van der Waals surface area contributed by atoms with Crippen LogP contribution < -0.4 is 0 Å². The molecule has 3 rings (SSSR count). The Bertz CT molecular complexity index is 776. The Balaban J connectivity index is 1.41. The molecule has 4 nitrogen and oxygen atoms in total. The third kappa shape index (κ3) is 6.18. The van der Waals surface area contributed by atoms with Crippen LogP contribution in [0.3, 0.4) is 0 Å². The maximum Gasteiger partial charge on any atom is 0.223 e. The van der Waals surface area contributed by atoms with Gasteiger partial charge < -0.3 is 9.64 Å². The molecule has 0 aliphatic carbocycles. The molecular formula is C23H26ClNO3. The van der Waals surface area contributed by atoms with E-state index in [1.807, 2.05) is 35.2 Å². The molecule has 1 fully saturated rings. The molecule has 28 heavy (non-hydrogen) atoms. The van der Waals surface area contributed by atoms with E-state index >= 15 is 0 Å². The monoisotopic (exact) mass is 399 g/mol. The molecular weight excluding hydrogens is 374 g/mol. The Kier molecular flexibility index (Phi) is 7.63. The summed E-state index contributed by atoms with van der Waals surface area (Å²) >= 11 is 5.85. The van der Waals surface area contributed by atoms with Gasteiger partial charge in [-0.2, -0.15) is 0 Å². The molecule has 0 bridgehead atoms. The second-order valence-corrected chi connectivity index (χ2v) is 7.72. The van der Waals surface area contributed by atoms with Crippen molar-refractivity contribution in [3.63, 3.8) is 0 Å². The highest BCUT2D eigenvalue weighted by molar-refractivity contribution is 6.30. The maximum atomic E-state index is 12.5. The van der Waals surface area contributed by atoms with E-state index in [0.29, 0.717) is 36.3 Å². The largest absolute Gasteiger partial charge is 0.376 e. The fourth-order valence-electron chi connectivity index (χ4n) is 3.50. The third-order valence-corrected chi connectivity index (χ3v) is 5.32. The van der Waals surface area contributed by atoms with Crippen molar-refractivity contribution < 1.29 is 14.3 Å². The number of Topliss-reactive ketones (excluding diaryl/α,β-unsaturated/α-hetero) is 1. The number of hydrogen-bond donors (Lipinski definition) is 0. The molecule has 1 unspecified atom stereocenters. The van der Waals surface area contributed by atoms with E-state index in [0.717, 1.165) is 24.9 Å². The molecule has 0 N–H and O–H groups in total. The number of ether oxygens (including phenoxy) is 1. The lowest BCUT2D eigenvalue weighted by atomic mass is 9.98. The number of halogens is 1. The smallest absolute Gasteiger partial charge is 0.223 e. The van der Waals surface area contributed by atoms with Crippen molar-refractivity contribution in [3.05, 3.63) is 70.7 Å². The lowest BCUT2D eigenvalue weighted by Crippen LogP contribution is -2.41. The van der Waals surface area contributed by atoms with Gasteiger partial charge in [-0.1, -0.05) is 41.9 Å². The number of amides is 1. The van der Waals surface area contributed by atoms with E-state index < -0.39 is 0 Å². The molecule has 2 aromatic carbocycles. The van der Waals surface area contributed by atoms with Gasteiger partial charge in [0.05, 0.1) is 13.2 Å². The van der Waals surface area contributed by atoms with Gasteiger partial charge in [0.15, 0.2) is 5.78 Å². The summed E-state index contributed by atoms with van der Waals surface area (Å²) in [6.45, 7) is 2.73. The lowest BCUT2D eigenvalue weighted by Gasteiger charge is -2.32. The number of nitrogens with zero attached hydrogens (tertiary/aromatic N) is 1. The molecule has 1 atom stereocenters. The molecule has 0 spiro atoms. The minimum atomic E-state index is -0.0234. The molecule has 0 radical (unpaired) electrons. The highest BCUT2D eigenvalue weighted by Crippen LogP contribution is 2.19. The minimum absolute atomic E-state index is 0.0234. The summed E-state index contributed by atoms with van der Waals surface area (Å²) in [5.41, 5.74) is 1.76. The summed E-state index contributed by atoms with van der Waals surface area (Å²) in [4.78, 5) is 26.7. The van der Waals surface area contributed by atoms with Crippen LogP contribution in [0.1, 0.15) is 41.6 Å². The van der Waals surface area contributed by atoms with Gasteiger partial charge in [-0.25, -0.2) is 0 Å². The van der Waals surface area contributed by atoms with Crippen LogP contribution in [0.5, 0.6) is 0 Å². The van der Waals surface area contributed by atoms with Crippen LogP contribution in [0, 0.1) is 5.92 Å². The van der Waals surface area contributed by atoms with Crippen molar-refractivity contribution in [2.75, 3.05) is 19.7 Å². The number of likely N-dealkylation sites (tertiary alicyclic amines) is 1. The normalized spacial score (nSPS) is 16.8. The van der Waals surface area contributed by atoms with Gasteiger partial charge in [-0.15, -0.1) is 0 Å². The van der Waals surface area contributed by atoms with Gasteiger partial charge in [0, 0.05) is 36.5 Å². The Hall–Kier alpha value is -2.17. The van der Waals surface area contributed by atoms with Crippen LogP contribution in [-0.2, 0) is 16.1 Å². The molecule has 1 saturated heterocycles. The fraction of sp³-hybridized carbons (Fsp3) is 0.391. The van der Waals surface area contributed by atoms with E-state index in [-0.39, 0.29) is 24.5 Å². The second kappa shape index (κ2) is 10.4. The molecule has 5 heteroatoms. The fourth-order valence-corrected chi connectivity index (χ4v) is 3.63. The van der Waals surface area contributed by atoms with Gasteiger partial charge in [-0.05, 0) is 48.6 Å². The van der Waals surface area contributed by atoms with Crippen LogP contribution >= 0.6 is 11.6 Å². The highest BCUT2D eigenvalue weighted by Gasteiger charge is 2.24. The van der Waals surface area contributed by atoms with Crippen molar-refractivity contribution in [2.24, 2.45) is 5.92 Å². The van der Waals surface area contributed by atoms with E-state index in [4.69, 9.17) is 16.3 Å². The summed E-state index contributed by atoms with van der Waals surface area (Å²) < 4.78 is 5.85. The first-order valence-corrected chi connectivity index (χ1v) is 10.2. The van der Waals surface area contributed by atoms with E-state index in [1.165, 1.54) is 0 Å². The van der Waals surface area contributed by atoms with Gasteiger partial charge in [-0.3, -0.25) is 9.59 Å². The van der Waals surface area contributed by atoms with Crippen LogP contribution in [-0.4, -0.2) is 36.3 Å². The number of hydrogen-bond acceptors (Lipinski definition) is 3. The van der Waals surface area contributed by atoms with Crippen LogP contribution in [0.4, 0.5) is 0 Å². The number of carbonyl (C=O) groups is 2. The quantitative estimate of drug-likeness (QED) is 0.601. The SMILES string of the molecule is O=C(CCC(=O)N1CCCC(COCc2ccccc2)C1)c1ccc(Cl)cc1. The first-order chi connectivity index (χ1) is 13.6. The van der Waals surface area contributed by atoms with E-state index in [2.05, 4.69) is 0 Å². The average molecular weight is 400 g/mol. The third-order valence-electron chi connectivity index (χ3n) is 5.07. The van der Waals surface area contributed by atoms with Crippen molar-refractivity contribution >= 4 is 23.3 Å². The number of ketones is 1. The Morgan fingerprint density at radius 1 is 1.04 bits per heavy atom. The van der Waals surface area contributed by atoms with Gasteiger partial charge in [0.1, 0.15) is 0 Å². The second-order valence-electron chi connectivity index (χ2n) is 7.28. The van der Waals surface area contributed by atoms with Crippen molar-refractivity contribution in [1.29, 1.82) is 0 Å². The predicted molar refractivity (Wildman–Crippen MR) is 110 cm³/mol. The Morgan fingerprint density at radius 2 is 1.79 bits per heavy atom. The molecule has 1 heterocycles. The number of carbonyl (C=O) groups excluding carboxylic acids is 2. The van der Waals surface area contributed by atoms with Gasteiger partial charge in [0.25, 0.3) is 0 Å². The molecule has 1 amide bonds. The maximum absolute atomic E-state index is 12.5. The molecule has 0 aromatic heterocycles. The van der Waals surface area contributed by atoms with E-state index in [9.17, 15) is 9.59 Å². The van der Waals surface area contributed by atoms with Crippen molar-refractivity contribution in [3.8, 4) is 0 Å². The van der Waals surface area contributed by atoms with Gasteiger partial charge in [0.2, 0.25) is 5.91 Å². The first kappa shape index (κ1) is 20.6. The van der Waals surface area contributed by atoms with Gasteiger partial charge >= 0.3 is 0 Å². The van der Waals surface area contributed by atoms with Crippen LogP contribution in [0.2, 0.25) is 5.02 Å². The standard InChI is InChI=1S/C23H26ClNO3/c24-21-10-8-20(9-11-21)22(26)12-13-23(27)25-14-4-7-19(15-25)17-28-16-18-5-2-1-3-6-18/h1-3,5-6,8-11,19H,4,7,12-17H2. The van der Waals surface area contributed by atoms with Crippen molar-refractivity contribution in [1.82, 2.24) is 4.90 Å². The number of benzene rings is 2. The summed E-state index contributed by atoms with van der Waals surface area (Å²) in [6, 6.07) is 16.9. The first-order valence-electron chi connectivity index (χ1n) is 9.80. The summed E-state index contributed by atoms with van der Waals surface area (Å²) in [5, 5.41) is 0.599. The Labute approximate surface area is 171 Å². The van der Waals surface area contributed by atoms with Crippen LogP contribution in [0.25, 0.3) is 0 Å². The summed E-state index contributed by atoms with van der Waals surface area (Å²) in [6.07, 6.45) is 2.53. The topological polar surface area (TPSA) is 46.6 Å². The predicted octanol–water partition coefficient (Wildman–Crippen LogP) is 4.76. The Morgan fingerprint density at radius 3 is 2.54 bits per heavy atom. The lowest BCUT2D eigenvalue weighted by molar-refractivity contribution is -0.133. The zero-order chi connectivity index (χ0) is 19.8. The molecule has 0 saturated carbocycles. The summed E-state index contributed by atoms with van der Waals surface area (Å²) in [5.74, 6) is 0.383. The zero-order valence-corrected chi connectivity index (χ0v) is 16.7. The molecule has 1 aliphatic rings. The molecule has 2 aromatic rings. The molecule has 1 aliphatic heterocycles. The minimum Gasteiger partial charge on any atom is -0.376 e. The van der Waals surface area contributed by atoms with Crippen LogP contribution in [0.15, 0.2) is 54.6 Å². The molecule has 148 valence electrons. The number of rotatable bonds is 8. The summed E-state index contributed by atoms with van der Waals surface area (Å²) in [7, 11) is 0. The average Bonchev–Trinajstić information content (AvgIpc) is 2.73. The zero-order valence-electron chi connectivity index (χ0n) is 16.0. The van der Waals surface area contributed by atoms with E-state index in [1.54, 1.807) is 24.3 Å². The highest BCUT2D eigenvalue weighted by atomic mass is 35.5. The number of piperidine rings is 1.